The Kier molecular flexibility index (Phi) is 7.38. The minimum atomic E-state index is 0.0970. The molecular formula is C20H27N3OS2. The molecule has 1 aromatic carbocycles. The quantitative estimate of drug-likeness (QED) is 0.556. The van der Waals surface area contributed by atoms with Gasteiger partial charge in [0.25, 0.3) is 0 Å². The number of nitrogens with one attached hydrogen (secondary N) is 1. The van der Waals surface area contributed by atoms with Gasteiger partial charge in [-0.2, -0.15) is 0 Å². The number of thiazole rings is 1. The number of nitrogens with zero attached hydrogens (tertiary/aromatic N) is 2. The molecule has 6 heteroatoms. The van der Waals surface area contributed by atoms with Crippen molar-refractivity contribution in [3.05, 3.63) is 47.0 Å². The number of thioether (sulfide) groups is 1. The fourth-order valence-electron chi connectivity index (χ4n) is 3.13. The van der Waals surface area contributed by atoms with Gasteiger partial charge in [-0.1, -0.05) is 42.1 Å². The maximum absolute atomic E-state index is 12.3. The molecule has 1 aliphatic heterocycles. The Bertz CT molecular complexity index is 681. The molecule has 0 saturated carbocycles. The fourth-order valence-corrected chi connectivity index (χ4v) is 5.20. The van der Waals surface area contributed by atoms with E-state index in [1.54, 1.807) is 11.3 Å². The molecule has 0 unspecified atom stereocenters. The van der Waals surface area contributed by atoms with Crippen LogP contribution in [0, 0.1) is 12.8 Å². The molecule has 1 fully saturated rings. The van der Waals surface area contributed by atoms with Gasteiger partial charge in [0.15, 0.2) is 0 Å². The maximum Gasteiger partial charge on any atom is 0.317 e. The number of rotatable bonds is 7. The highest BCUT2D eigenvalue weighted by molar-refractivity contribution is 8.01. The Balaban J connectivity index is 1.29. The molecule has 0 atom stereocenters. The van der Waals surface area contributed by atoms with E-state index in [1.807, 2.05) is 29.7 Å². The topological polar surface area (TPSA) is 45.2 Å². The predicted octanol–water partition coefficient (Wildman–Crippen LogP) is 4.60. The molecule has 1 aromatic heterocycles. The van der Waals surface area contributed by atoms with Crippen LogP contribution < -0.4 is 5.32 Å². The number of carbonyl (C=O) groups excluding carboxylic acids is 1. The summed E-state index contributed by atoms with van der Waals surface area (Å²) in [6.45, 7) is 4.52. The summed E-state index contributed by atoms with van der Waals surface area (Å²) in [6.07, 6.45) is 4.18. The van der Waals surface area contributed by atoms with E-state index in [9.17, 15) is 4.79 Å². The Morgan fingerprint density at radius 3 is 2.77 bits per heavy atom. The van der Waals surface area contributed by atoms with E-state index in [2.05, 4.69) is 39.9 Å². The molecule has 3 rings (SSSR count). The van der Waals surface area contributed by atoms with Crippen LogP contribution in [0.25, 0.3) is 0 Å². The van der Waals surface area contributed by atoms with Crippen molar-refractivity contribution in [2.75, 3.05) is 25.4 Å². The molecule has 0 aliphatic carbocycles. The lowest BCUT2D eigenvalue weighted by molar-refractivity contribution is 0.174. The van der Waals surface area contributed by atoms with Crippen molar-refractivity contribution in [2.24, 2.45) is 5.92 Å². The van der Waals surface area contributed by atoms with Gasteiger partial charge in [0.05, 0.1) is 0 Å². The van der Waals surface area contributed by atoms with E-state index in [4.69, 9.17) is 0 Å². The monoisotopic (exact) mass is 389 g/mol. The van der Waals surface area contributed by atoms with Gasteiger partial charge in [-0.05, 0) is 44.1 Å². The number of carbonyl (C=O) groups is 1. The number of urea groups is 1. The van der Waals surface area contributed by atoms with Gasteiger partial charge < -0.3 is 10.2 Å². The lowest BCUT2D eigenvalue weighted by Crippen LogP contribution is -2.45. The van der Waals surface area contributed by atoms with Crippen LogP contribution in [0.4, 0.5) is 4.79 Å². The van der Waals surface area contributed by atoms with Crippen LogP contribution in [0.5, 0.6) is 0 Å². The van der Waals surface area contributed by atoms with Crippen molar-refractivity contribution in [2.45, 2.75) is 36.9 Å². The highest BCUT2D eigenvalue weighted by Crippen LogP contribution is 2.28. The van der Waals surface area contributed by atoms with Crippen LogP contribution in [0.15, 0.2) is 40.1 Å². The second kappa shape index (κ2) is 9.97. The minimum absolute atomic E-state index is 0.0970. The van der Waals surface area contributed by atoms with Gasteiger partial charge in [-0.25, -0.2) is 9.78 Å². The van der Waals surface area contributed by atoms with Crippen molar-refractivity contribution < 1.29 is 4.79 Å². The number of likely N-dealkylation sites (tertiary alicyclic amines) is 1. The van der Waals surface area contributed by atoms with Crippen molar-refractivity contribution in [3.63, 3.8) is 0 Å². The summed E-state index contributed by atoms with van der Waals surface area (Å²) in [5.41, 5.74) is 2.44. The lowest BCUT2D eigenvalue weighted by atomic mass is 9.99. The van der Waals surface area contributed by atoms with Crippen molar-refractivity contribution in [3.8, 4) is 0 Å². The number of hydrogen-bond acceptors (Lipinski definition) is 4. The fraction of sp³-hybridized carbons (Fsp3) is 0.500. The van der Waals surface area contributed by atoms with E-state index in [-0.39, 0.29) is 6.03 Å². The first-order valence-electron chi connectivity index (χ1n) is 9.32. The maximum atomic E-state index is 12.3. The summed E-state index contributed by atoms with van der Waals surface area (Å²) in [5, 5.41) is 5.18. The average molecular weight is 390 g/mol. The molecule has 1 saturated heterocycles. The molecule has 0 radical (unpaired) electrons. The highest BCUT2D eigenvalue weighted by Gasteiger charge is 2.22. The van der Waals surface area contributed by atoms with Crippen LogP contribution in [0.3, 0.4) is 0 Å². The van der Waals surface area contributed by atoms with E-state index in [0.717, 1.165) is 56.8 Å². The van der Waals surface area contributed by atoms with Crippen LogP contribution in [0.2, 0.25) is 0 Å². The van der Waals surface area contributed by atoms with Crippen LogP contribution in [0.1, 0.15) is 30.5 Å². The Morgan fingerprint density at radius 1 is 1.31 bits per heavy atom. The summed E-state index contributed by atoms with van der Waals surface area (Å²) < 4.78 is 1.17. The van der Waals surface area contributed by atoms with Crippen LogP contribution in [-0.2, 0) is 6.42 Å². The molecule has 1 N–H and O–H groups in total. The smallest absolute Gasteiger partial charge is 0.317 e. The van der Waals surface area contributed by atoms with E-state index >= 15 is 0 Å². The number of benzene rings is 1. The Labute approximate surface area is 164 Å². The highest BCUT2D eigenvalue weighted by atomic mass is 32.2. The zero-order valence-corrected chi connectivity index (χ0v) is 17.0. The number of hydrogen-bond donors (Lipinski definition) is 1. The van der Waals surface area contributed by atoms with Crippen molar-refractivity contribution >= 4 is 29.1 Å². The largest absolute Gasteiger partial charge is 0.338 e. The van der Waals surface area contributed by atoms with E-state index < -0.39 is 0 Å². The van der Waals surface area contributed by atoms with Gasteiger partial charge in [0, 0.05) is 36.5 Å². The zero-order valence-electron chi connectivity index (χ0n) is 15.3. The molecule has 140 valence electrons. The lowest BCUT2D eigenvalue weighted by Gasteiger charge is -2.31. The summed E-state index contributed by atoms with van der Waals surface area (Å²) in [6, 6.07) is 10.5. The second-order valence-electron chi connectivity index (χ2n) is 6.82. The number of aryl methyl sites for hydroxylation is 2. The number of piperidine rings is 1. The average Bonchev–Trinajstić information content (AvgIpc) is 3.10. The van der Waals surface area contributed by atoms with Crippen LogP contribution >= 0.6 is 23.1 Å². The molecule has 0 bridgehead atoms. The molecule has 26 heavy (non-hydrogen) atoms. The summed E-state index contributed by atoms with van der Waals surface area (Å²) in [7, 11) is 0. The molecule has 2 heterocycles. The van der Waals surface area contributed by atoms with Crippen molar-refractivity contribution in [1.82, 2.24) is 15.2 Å². The molecule has 4 nitrogen and oxygen atoms in total. The first kappa shape index (κ1) is 19.2. The first-order chi connectivity index (χ1) is 12.7. The number of aromatic nitrogens is 1. The van der Waals surface area contributed by atoms with Gasteiger partial charge in [-0.3, -0.25) is 0 Å². The number of amides is 2. The van der Waals surface area contributed by atoms with Gasteiger partial charge in [-0.15, -0.1) is 11.3 Å². The molecular weight excluding hydrogens is 362 g/mol. The van der Waals surface area contributed by atoms with Gasteiger partial charge >= 0.3 is 6.03 Å². The Hall–Kier alpha value is -1.53. The third kappa shape index (κ3) is 6.02. The second-order valence-corrected chi connectivity index (χ2v) is 8.94. The standard InChI is InChI=1S/C20H27N3OS2/c1-16-14-25-20(22-16)26-15-18-9-12-23(13-10-18)19(24)21-11-5-8-17-6-3-2-4-7-17/h2-4,6-7,14,18H,5,8-13,15H2,1H3,(H,21,24). The Morgan fingerprint density at radius 2 is 2.08 bits per heavy atom. The summed E-state index contributed by atoms with van der Waals surface area (Å²) in [4.78, 5) is 18.8. The van der Waals surface area contributed by atoms with Gasteiger partial charge in [0.1, 0.15) is 4.34 Å². The predicted molar refractivity (Wildman–Crippen MR) is 110 cm³/mol. The normalized spacial score (nSPS) is 15.2. The molecule has 2 aromatic rings. The van der Waals surface area contributed by atoms with E-state index in [1.165, 1.54) is 9.90 Å². The third-order valence-corrected chi connectivity index (χ3v) is 7.07. The molecule has 2 amide bonds. The van der Waals surface area contributed by atoms with Crippen LogP contribution in [-0.4, -0.2) is 41.3 Å². The van der Waals surface area contributed by atoms with Gasteiger partial charge in [0.2, 0.25) is 0 Å². The zero-order chi connectivity index (χ0) is 18.2. The summed E-state index contributed by atoms with van der Waals surface area (Å²) >= 11 is 3.59. The summed E-state index contributed by atoms with van der Waals surface area (Å²) in [5.74, 6) is 1.80. The minimum Gasteiger partial charge on any atom is -0.338 e. The molecule has 1 aliphatic rings. The molecule has 0 spiro atoms. The first-order valence-corrected chi connectivity index (χ1v) is 11.2. The van der Waals surface area contributed by atoms with Crippen molar-refractivity contribution in [1.29, 1.82) is 0 Å². The third-order valence-electron chi connectivity index (χ3n) is 4.70. The SMILES string of the molecule is Cc1csc(SCC2CCN(C(=O)NCCCc3ccccc3)CC2)n1. The van der Waals surface area contributed by atoms with E-state index in [0.29, 0.717) is 5.92 Å².